The number of H-pyrrole nitrogens is 1. The fraction of sp³-hybridized carbons (Fsp3) is 0.333. The van der Waals surface area contributed by atoms with Crippen LogP contribution in [-0.2, 0) is 16.1 Å². The summed E-state index contributed by atoms with van der Waals surface area (Å²) in [5, 5.41) is 5.51. The highest BCUT2D eigenvalue weighted by atomic mass is 16.2. The fourth-order valence-corrected chi connectivity index (χ4v) is 1.28. The van der Waals surface area contributed by atoms with Crippen molar-refractivity contribution in [1.29, 1.82) is 0 Å². The molecule has 0 aromatic carbocycles. The number of rotatable bonds is 7. The third-order valence-corrected chi connectivity index (χ3v) is 2.08. The molecular formula is C12H17N3O2. The zero-order valence-electron chi connectivity index (χ0n) is 9.82. The van der Waals surface area contributed by atoms with Gasteiger partial charge in [-0.15, -0.1) is 0 Å². The Balaban J connectivity index is 2.11. The summed E-state index contributed by atoms with van der Waals surface area (Å²) in [4.78, 5) is 25.4. The van der Waals surface area contributed by atoms with Gasteiger partial charge in [-0.05, 0) is 25.1 Å². The van der Waals surface area contributed by atoms with Crippen molar-refractivity contribution >= 4 is 11.7 Å². The highest BCUT2D eigenvalue weighted by molar-refractivity contribution is 5.91. The number of hydrogen-bond acceptors (Lipinski definition) is 3. The molecule has 5 heteroatoms. The van der Waals surface area contributed by atoms with Crippen molar-refractivity contribution in [3.63, 3.8) is 0 Å². The lowest BCUT2D eigenvalue weighted by Gasteiger charge is -2.04. The first-order chi connectivity index (χ1) is 8.22. The highest BCUT2D eigenvalue weighted by Gasteiger charge is 2.02. The summed E-state index contributed by atoms with van der Waals surface area (Å²) in [5.41, 5.74) is 0.948. The number of aromatic nitrogens is 1. The number of carbonyl (C=O) groups excluding carboxylic acids is 2. The van der Waals surface area contributed by atoms with Gasteiger partial charge in [0.2, 0.25) is 5.91 Å². The molecule has 1 amide bonds. The first kappa shape index (κ1) is 13.2. The molecule has 1 aromatic rings. The first-order valence-electron chi connectivity index (χ1n) is 5.47. The van der Waals surface area contributed by atoms with Gasteiger partial charge < -0.3 is 15.6 Å². The first-order valence-corrected chi connectivity index (χ1v) is 5.47. The van der Waals surface area contributed by atoms with Crippen LogP contribution in [0.2, 0.25) is 0 Å². The van der Waals surface area contributed by atoms with Crippen molar-refractivity contribution in [3.8, 4) is 0 Å². The van der Waals surface area contributed by atoms with E-state index < -0.39 is 0 Å². The van der Waals surface area contributed by atoms with Crippen LogP contribution in [0.3, 0.4) is 0 Å². The number of hydrogen-bond donors (Lipinski definition) is 3. The van der Waals surface area contributed by atoms with Crippen molar-refractivity contribution in [2.75, 3.05) is 13.1 Å². The summed E-state index contributed by atoms with van der Waals surface area (Å²) in [6.45, 7) is 2.57. The Bertz CT molecular complexity index is 382. The molecule has 0 saturated heterocycles. The lowest BCUT2D eigenvalue weighted by atomic mass is 10.3. The second kappa shape index (κ2) is 7.40. The van der Waals surface area contributed by atoms with Crippen LogP contribution in [0.5, 0.6) is 0 Å². The SMILES string of the molecule is CC=CC(=O)CNCC(=O)NCc1ccc[nH]1. The molecule has 17 heavy (non-hydrogen) atoms. The van der Waals surface area contributed by atoms with Crippen molar-refractivity contribution in [1.82, 2.24) is 15.6 Å². The maximum Gasteiger partial charge on any atom is 0.234 e. The van der Waals surface area contributed by atoms with Crippen LogP contribution in [-0.4, -0.2) is 29.8 Å². The van der Waals surface area contributed by atoms with E-state index in [4.69, 9.17) is 0 Å². The van der Waals surface area contributed by atoms with Crippen LogP contribution in [0.4, 0.5) is 0 Å². The van der Waals surface area contributed by atoms with E-state index in [-0.39, 0.29) is 24.8 Å². The third kappa shape index (κ3) is 5.67. The normalized spacial score (nSPS) is 10.6. The van der Waals surface area contributed by atoms with Crippen LogP contribution < -0.4 is 10.6 Å². The molecule has 0 aliphatic carbocycles. The van der Waals surface area contributed by atoms with E-state index in [1.54, 1.807) is 19.2 Å². The van der Waals surface area contributed by atoms with Gasteiger partial charge in [-0.1, -0.05) is 6.08 Å². The summed E-state index contributed by atoms with van der Waals surface area (Å²) in [7, 11) is 0. The van der Waals surface area contributed by atoms with E-state index in [2.05, 4.69) is 15.6 Å². The van der Waals surface area contributed by atoms with E-state index in [1.165, 1.54) is 6.08 Å². The predicted octanol–water partition coefficient (Wildman–Crippen LogP) is 0.366. The smallest absolute Gasteiger partial charge is 0.234 e. The Labute approximate surface area is 100 Å². The Morgan fingerprint density at radius 3 is 2.88 bits per heavy atom. The zero-order valence-corrected chi connectivity index (χ0v) is 9.82. The molecule has 1 aromatic heterocycles. The molecule has 0 saturated carbocycles. The molecule has 1 heterocycles. The Hall–Kier alpha value is -1.88. The monoisotopic (exact) mass is 235 g/mol. The average molecular weight is 235 g/mol. The van der Waals surface area contributed by atoms with E-state index >= 15 is 0 Å². The molecular weight excluding hydrogens is 218 g/mol. The minimum absolute atomic E-state index is 0.0373. The summed E-state index contributed by atoms with van der Waals surface area (Å²) in [6.07, 6.45) is 4.95. The number of nitrogens with one attached hydrogen (secondary N) is 3. The largest absolute Gasteiger partial charge is 0.364 e. The molecule has 0 fully saturated rings. The molecule has 0 atom stereocenters. The highest BCUT2D eigenvalue weighted by Crippen LogP contribution is 1.92. The van der Waals surface area contributed by atoms with Gasteiger partial charge in [-0.25, -0.2) is 0 Å². The Morgan fingerprint density at radius 2 is 2.24 bits per heavy atom. The minimum atomic E-state index is -0.132. The molecule has 0 spiro atoms. The third-order valence-electron chi connectivity index (χ3n) is 2.08. The van der Waals surface area contributed by atoms with Crippen LogP contribution >= 0.6 is 0 Å². The van der Waals surface area contributed by atoms with Crippen LogP contribution in [0, 0.1) is 0 Å². The molecule has 0 unspecified atom stereocenters. The Morgan fingerprint density at radius 1 is 1.41 bits per heavy atom. The van der Waals surface area contributed by atoms with Gasteiger partial charge in [0.15, 0.2) is 5.78 Å². The molecule has 0 aliphatic rings. The van der Waals surface area contributed by atoms with Gasteiger partial charge >= 0.3 is 0 Å². The minimum Gasteiger partial charge on any atom is -0.364 e. The van der Waals surface area contributed by atoms with Gasteiger partial charge in [0, 0.05) is 11.9 Å². The summed E-state index contributed by atoms with van der Waals surface area (Å²) in [6, 6.07) is 3.76. The number of carbonyl (C=O) groups is 2. The lowest BCUT2D eigenvalue weighted by Crippen LogP contribution is -2.35. The van der Waals surface area contributed by atoms with E-state index in [0.29, 0.717) is 6.54 Å². The molecule has 3 N–H and O–H groups in total. The van der Waals surface area contributed by atoms with Gasteiger partial charge in [-0.3, -0.25) is 9.59 Å². The lowest BCUT2D eigenvalue weighted by molar-refractivity contribution is -0.120. The van der Waals surface area contributed by atoms with Crippen LogP contribution in [0.25, 0.3) is 0 Å². The second-order valence-electron chi connectivity index (χ2n) is 3.54. The molecule has 0 bridgehead atoms. The quantitative estimate of drug-likeness (QED) is 0.598. The molecule has 0 aliphatic heterocycles. The van der Waals surface area contributed by atoms with Crippen LogP contribution in [0.15, 0.2) is 30.5 Å². The van der Waals surface area contributed by atoms with Gasteiger partial charge in [-0.2, -0.15) is 0 Å². The summed E-state index contributed by atoms with van der Waals surface area (Å²) < 4.78 is 0. The van der Waals surface area contributed by atoms with Crippen LogP contribution in [0.1, 0.15) is 12.6 Å². The van der Waals surface area contributed by atoms with Gasteiger partial charge in [0.05, 0.1) is 19.6 Å². The average Bonchev–Trinajstić information content (AvgIpc) is 2.79. The standard InChI is InChI=1S/C12H17N3O2/c1-2-4-11(16)8-13-9-12(17)15-7-10-5-3-6-14-10/h2-6,13-14H,7-9H2,1H3,(H,15,17). The summed E-state index contributed by atoms with van der Waals surface area (Å²) >= 11 is 0. The van der Waals surface area contributed by atoms with Crippen molar-refractivity contribution in [3.05, 3.63) is 36.2 Å². The maximum atomic E-state index is 11.4. The van der Waals surface area contributed by atoms with E-state index in [9.17, 15) is 9.59 Å². The van der Waals surface area contributed by atoms with Crippen molar-refractivity contribution < 1.29 is 9.59 Å². The number of ketones is 1. The number of amides is 1. The molecule has 5 nitrogen and oxygen atoms in total. The Kier molecular flexibility index (Phi) is 5.74. The van der Waals surface area contributed by atoms with Crippen molar-refractivity contribution in [2.45, 2.75) is 13.5 Å². The number of allylic oxidation sites excluding steroid dienone is 1. The molecule has 92 valence electrons. The molecule has 1 rings (SSSR count). The predicted molar refractivity (Wildman–Crippen MR) is 65.3 cm³/mol. The summed E-state index contributed by atoms with van der Waals surface area (Å²) in [5.74, 6) is -0.169. The topological polar surface area (TPSA) is 74.0 Å². The van der Waals surface area contributed by atoms with Gasteiger partial charge in [0.25, 0.3) is 0 Å². The fourth-order valence-electron chi connectivity index (χ4n) is 1.28. The number of aromatic amines is 1. The van der Waals surface area contributed by atoms with E-state index in [0.717, 1.165) is 5.69 Å². The zero-order chi connectivity index (χ0) is 12.5. The maximum absolute atomic E-state index is 11.4. The molecule has 0 radical (unpaired) electrons. The van der Waals surface area contributed by atoms with Gasteiger partial charge in [0.1, 0.15) is 0 Å². The van der Waals surface area contributed by atoms with E-state index in [1.807, 2.05) is 12.1 Å². The second-order valence-corrected chi connectivity index (χ2v) is 3.54. The van der Waals surface area contributed by atoms with Crippen molar-refractivity contribution in [2.24, 2.45) is 0 Å².